The number of benzene rings is 1. The Bertz CT molecular complexity index is 427. The van der Waals surface area contributed by atoms with Gasteiger partial charge < -0.3 is 9.47 Å². The first-order valence-electron chi connectivity index (χ1n) is 6.17. The van der Waals surface area contributed by atoms with Crippen LogP contribution < -0.4 is 4.74 Å². The molecule has 4 nitrogen and oxygen atoms in total. The van der Waals surface area contributed by atoms with Crippen molar-refractivity contribution >= 4 is 11.8 Å². The van der Waals surface area contributed by atoms with E-state index in [2.05, 4.69) is 18.8 Å². The SMILES string of the molecule is CC1CC(Oc2ccc(N=C=O)cc2)CC(C)O1. The first kappa shape index (κ1) is 12.8. The van der Waals surface area contributed by atoms with Crippen molar-refractivity contribution in [3.05, 3.63) is 24.3 Å². The van der Waals surface area contributed by atoms with Crippen molar-refractivity contribution in [3.8, 4) is 5.75 Å². The van der Waals surface area contributed by atoms with E-state index < -0.39 is 0 Å². The molecule has 1 aromatic rings. The van der Waals surface area contributed by atoms with Crippen molar-refractivity contribution in [3.63, 3.8) is 0 Å². The molecular weight excluding hydrogens is 230 g/mol. The molecule has 2 atom stereocenters. The van der Waals surface area contributed by atoms with Gasteiger partial charge in [-0.15, -0.1) is 0 Å². The van der Waals surface area contributed by atoms with Gasteiger partial charge in [0.15, 0.2) is 0 Å². The average molecular weight is 247 g/mol. The van der Waals surface area contributed by atoms with Gasteiger partial charge in [-0.05, 0) is 38.1 Å². The number of carbonyl (C=O) groups excluding carboxylic acids is 1. The maximum absolute atomic E-state index is 10.1. The van der Waals surface area contributed by atoms with Gasteiger partial charge in [0, 0.05) is 12.8 Å². The quantitative estimate of drug-likeness (QED) is 0.609. The first-order valence-corrected chi connectivity index (χ1v) is 6.17. The van der Waals surface area contributed by atoms with Crippen molar-refractivity contribution < 1.29 is 14.3 Å². The second-order valence-corrected chi connectivity index (χ2v) is 4.67. The summed E-state index contributed by atoms with van der Waals surface area (Å²) in [5.74, 6) is 0.797. The summed E-state index contributed by atoms with van der Waals surface area (Å²) in [4.78, 5) is 13.6. The molecule has 2 unspecified atom stereocenters. The number of hydrogen-bond acceptors (Lipinski definition) is 4. The van der Waals surface area contributed by atoms with Gasteiger partial charge in [-0.1, -0.05) is 0 Å². The number of hydrogen-bond donors (Lipinski definition) is 0. The number of ether oxygens (including phenoxy) is 2. The van der Waals surface area contributed by atoms with Gasteiger partial charge in [-0.2, -0.15) is 4.99 Å². The minimum Gasteiger partial charge on any atom is -0.490 e. The number of rotatable bonds is 3. The standard InChI is InChI=1S/C14H17NO3/c1-10-7-14(8-11(2)17-10)18-13-5-3-12(4-6-13)15-9-16/h3-6,10-11,14H,7-8H2,1-2H3. The summed E-state index contributed by atoms with van der Waals surface area (Å²) in [6.45, 7) is 4.13. The third-order valence-corrected chi connectivity index (χ3v) is 2.97. The largest absolute Gasteiger partial charge is 0.490 e. The van der Waals surface area contributed by atoms with Crippen LogP contribution in [0.4, 0.5) is 5.69 Å². The fourth-order valence-corrected chi connectivity index (χ4v) is 2.28. The van der Waals surface area contributed by atoms with E-state index in [4.69, 9.17) is 9.47 Å². The van der Waals surface area contributed by atoms with Crippen LogP contribution in [0.5, 0.6) is 5.75 Å². The maximum atomic E-state index is 10.1. The molecule has 0 aromatic heterocycles. The molecule has 1 aliphatic heterocycles. The molecule has 4 heteroatoms. The Balaban J connectivity index is 1.98. The molecule has 0 spiro atoms. The van der Waals surface area contributed by atoms with Gasteiger partial charge >= 0.3 is 0 Å². The van der Waals surface area contributed by atoms with Crippen molar-refractivity contribution in [2.75, 3.05) is 0 Å². The highest BCUT2D eigenvalue weighted by molar-refractivity contribution is 5.50. The Morgan fingerprint density at radius 2 is 1.83 bits per heavy atom. The Kier molecular flexibility index (Phi) is 4.13. The van der Waals surface area contributed by atoms with Crippen LogP contribution in [0.3, 0.4) is 0 Å². The molecule has 0 N–H and O–H groups in total. The zero-order valence-corrected chi connectivity index (χ0v) is 10.6. The van der Waals surface area contributed by atoms with Gasteiger partial charge in [0.1, 0.15) is 11.9 Å². The third-order valence-electron chi connectivity index (χ3n) is 2.97. The Morgan fingerprint density at radius 3 is 2.39 bits per heavy atom. The molecule has 1 heterocycles. The fraction of sp³-hybridized carbons (Fsp3) is 0.500. The fourth-order valence-electron chi connectivity index (χ4n) is 2.28. The smallest absolute Gasteiger partial charge is 0.240 e. The zero-order chi connectivity index (χ0) is 13.0. The molecule has 0 aliphatic carbocycles. The summed E-state index contributed by atoms with van der Waals surface area (Å²) < 4.78 is 11.6. The van der Waals surface area contributed by atoms with Crippen molar-refractivity contribution in [1.29, 1.82) is 0 Å². The highest BCUT2D eigenvalue weighted by Crippen LogP contribution is 2.25. The Morgan fingerprint density at radius 1 is 1.22 bits per heavy atom. The van der Waals surface area contributed by atoms with Crippen LogP contribution in [-0.2, 0) is 9.53 Å². The van der Waals surface area contributed by atoms with E-state index in [-0.39, 0.29) is 18.3 Å². The van der Waals surface area contributed by atoms with E-state index >= 15 is 0 Å². The molecule has 1 fully saturated rings. The summed E-state index contributed by atoms with van der Waals surface area (Å²) in [6.07, 6.45) is 3.97. The van der Waals surface area contributed by atoms with Gasteiger partial charge in [0.25, 0.3) is 0 Å². The zero-order valence-electron chi connectivity index (χ0n) is 10.6. The molecule has 0 amide bonds. The summed E-state index contributed by atoms with van der Waals surface area (Å²) in [6, 6.07) is 7.13. The van der Waals surface area contributed by atoms with Crippen molar-refractivity contribution in [2.24, 2.45) is 4.99 Å². The maximum Gasteiger partial charge on any atom is 0.240 e. The minimum atomic E-state index is 0.184. The number of nitrogens with zero attached hydrogens (tertiary/aromatic N) is 1. The van der Waals surface area contributed by atoms with E-state index in [1.165, 1.54) is 6.08 Å². The molecular formula is C14H17NO3. The molecule has 2 rings (SSSR count). The Labute approximate surface area is 107 Å². The van der Waals surface area contributed by atoms with E-state index in [9.17, 15) is 4.79 Å². The van der Waals surface area contributed by atoms with Gasteiger partial charge in [-0.3, -0.25) is 0 Å². The van der Waals surface area contributed by atoms with Gasteiger partial charge in [0.05, 0.1) is 17.9 Å². The molecule has 0 radical (unpaired) electrons. The molecule has 0 bridgehead atoms. The van der Waals surface area contributed by atoms with Crippen LogP contribution in [0.1, 0.15) is 26.7 Å². The van der Waals surface area contributed by atoms with Crippen LogP contribution in [0.25, 0.3) is 0 Å². The normalized spacial score (nSPS) is 27.3. The number of aliphatic imine (C=N–C) groups is 1. The lowest BCUT2D eigenvalue weighted by Gasteiger charge is -2.32. The predicted octanol–water partition coefficient (Wildman–Crippen LogP) is 2.99. The van der Waals surface area contributed by atoms with Crippen LogP contribution in [-0.4, -0.2) is 24.4 Å². The van der Waals surface area contributed by atoms with Crippen LogP contribution in [0.2, 0.25) is 0 Å². The predicted molar refractivity (Wildman–Crippen MR) is 67.9 cm³/mol. The van der Waals surface area contributed by atoms with Crippen LogP contribution in [0.15, 0.2) is 29.3 Å². The second-order valence-electron chi connectivity index (χ2n) is 4.67. The summed E-state index contributed by atoms with van der Waals surface area (Å²) in [5.41, 5.74) is 0.589. The van der Waals surface area contributed by atoms with Crippen LogP contribution in [0, 0.1) is 0 Å². The van der Waals surface area contributed by atoms with E-state index in [1.54, 1.807) is 12.1 Å². The summed E-state index contributed by atoms with van der Waals surface area (Å²) in [7, 11) is 0. The third kappa shape index (κ3) is 3.42. The second kappa shape index (κ2) is 5.80. The van der Waals surface area contributed by atoms with E-state index in [1.807, 2.05) is 12.1 Å². The minimum absolute atomic E-state index is 0.184. The highest BCUT2D eigenvalue weighted by atomic mass is 16.5. The van der Waals surface area contributed by atoms with Crippen LogP contribution >= 0.6 is 0 Å². The number of isocyanates is 1. The topological polar surface area (TPSA) is 47.9 Å². The summed E-state index contributed by atoms with van der Waals surface area (Å²) in [5, 5.41) is 0. The molecule has 1 aromatic carbocycles. The molecule has 0 saturated carbocycles. The Hall–Kier alpha value is -1.64. The first-order chi connectivity index (χ1) is 8.67. The highest BCUT2D eigenvalue weighted by Gasteiger charge is 2.25. The van der Waals surface area contributed by atoms with E-state index in [0.29, 0.717) is 5.69 Å². The van der Waals surface area contributed by atoms with Crippen molar-refractivity contribution in [1.82, 2.24) is 0 Å². The van der Waals surface area contributed by atoms with Crippen molar-refractivity contribution in [2.45, 2.75) is 45.0 Å². The molecule has 1 saturated heterocycles. The average Bonchev–Trinajstić information content (AvgIpc) is 2.31. The lowest BCUT2D eigenvalue weighted by molar-refractivity contribution is -0.0721. The lowest BCUT2D eigenvalue weighted by Crippen LogP contribution is -2.35. The summed E-state index contributed by atoms with van der Waals surface area (Å²) >= 11 is 0. The molecule has 18 heavy (non-hydrogen) atoms. The lowest BCUT2D eigenvalue weighted by atomic mass is 10.0. The monoisotopic (exact) mass is 247 g/mol. The molecule has 1 aliphatic rings. The van der Waals surface area contributed by atoms with E-state index in [0.717, 1.165) is 18.6 Å². The van der Waals surface area contributed by atoms with Gasteiger partial charge in [0.2, 0.25) is 6.08 Å². The van der Waals surface area contributed by atoms with Gasteiger partial charge in [-0.25, -0.2) is 4.79 Å². The molecule has 96 valence electrons.